The van der Waals surface area contributed by atoms with Gasteiger partial charge in [0, 0.05) is 69.7 Å². The normalized spacial score (nSPS) is 21.4. The second kappa shape index (κ2) is 11.3. The molecule has 30 heavy (non-hydrogen) atoms. The van der Waals surface area contributed by atoms with Gasteiger partial charge in [0.1, 0.15) is 11.5 Å². The van der Waals surface area contributed by atoms with Crippen LogP contribution in [0.1, 0.15) is 32.6 Å². The van der Waals surface area contributed by atoms with Crippen LogP contribution >= 0.6 is 0 Å². The van der Waals surface area contributed by atoms with Crippen molar-refractivity contribution in [2.75, 3.05) is 65.4 Å². The molecular formula is C23H39N5O2. The van der Waals surface area contributed by atoms with Gasteiger partial charge >= 0.3 is 0 Å². The molecule has 7 nitrogen and oxygen atoms in total. The first-order valence-electron chi connectivity index (χ1n) is 11.3. The topological polar surface area (TPSA) is 61.4 Å². The number of ether oxygens (including phenoxy) is 2. The number of benzene rings is 1. The first-order valence-corrected chi connectivity index (χ1v) is 11.3. The summed E-state index contributed by atoms with van der Waals surface area (Å²) in [5.41, 5.74) is 1.16. The Kier molecular flexibility index (Phi) is 8.49. The number of likely N-dealkylation sites (tertiary alicyclic amines) is 1. The molecule has 1 unspecified atom stereocenters. The summed E-state index contributed by atoms with van der Waals surface area (Å²) in [5, 5.41) is 7.12. The Labute approximate surface area is 181 Å². The summed E-state index contributed by atoms with van der Waals surface area (Å²) in [6.45, 7) is 8.82. The van der Waals surface area contributed by atoms with E-state index in [1.54, 1.807) is 14.2 Å². The van der Waals surface area contributed by atoms with Crippen LogP contribution in [0.15, 0.2) is 23.2 Å². The van der Waals surface area contributed by atoms with Gasteiger partial charge in [-0.1, -0.05) is 6.92 Å². The zero-order chi connectivity index (χ0) is 21.3. The lowest BCUT2D eigenvalue weighted by atomic mass is 10.0. The van der Waals surface area contributed by atoms with E-state index in [9.17, 15) is 0 Å². The van der Waals surface area contributed by atoms with E-state index in [-0.39, 0.29) is 0 Å². The van der Waals surface area contributed by atoms with Crippen molar-refractivity contribution in [2.24, 2.45) is 10.9 Å². The molecule has 0 aromatic heterocycles. The molecule has 2 saturated heterocycles. The van der Waals surface area contributed by atoms with E-state index in [1.165, 1.54) is 25.9 Å². The number of anilines is 1. The van der Waals surface area contributed by atoms with Crippen LogP contribution in [0.25, 0.3) is 0 Å². The summed E-state index contributed by atoms with van der Waals surface area (Å²) >= 11 is 0. The van der Waals surface area contributed by atoms with Crippen molar-refractivity contribution < 1.29 is 9.47 Å². The predicted molar refractivity (Wildman–Crippen MR) is 124 cm³/mol. The standard InChI is InChI=1S/C23H39N5O2/c1-18-6-5-10-27(17-18)13-9-25-23(24-2)26-19-7-11-28(12-8-19)20-14-21(29-3)16-22(15-20)30-4/h14-16,18-19H,5-13,17H2,1-4H3,(H2,24,25,26). The number of piperidine rings is 2. The molecule has 168 valence electrons. The number of hydrogen-bond acceptors (Lipinski definition) is 5. The van der Waals surface area contributed by atoms with E-state index >= 15 is 0 Å². The summed E-state index contributed by atoms with van der Waals surface area (Å²) < 4.78 is 10.8. The molecule has 2 heterocycles. The average Bonchev–Trinajstić information content (AvgIpc) is 2.78. The van der Waals surface area contributed by atoms with Crippen molar-refractivity contribution in [1.29, 1.82) is 0 Å². The van der Waals surface area contributed by atoms with Crippen LogP contribution in [0, 0.1) is 5.92 Å². The monoisotopic (exact) mass is 417 g/mol. The maximum Gasteiger partial charge on any atom is 0.191 e. The maximum atomic E-state index is 5.42. The highest BCUT2D eigenvalue weighted by Gasteiger charge is 2.21. The SMILES string of the molecule is CN=C(NCCN1CCCC(C)C1)NC1CCN(c2cc(OC)cc(OC)c2)CC1. The molecule has 0 aliphatic carbocycles. The molecule has 0 saturated carbocycles. The van der Waals surface area contributed by atoms with Gasteiger partial charge in [0.25, 0.3) is 0 Å². The number of methoxy groups -OCH3 is 2. The number of aliphatic imine (C=N–C) groups is 1. The van der Waals surface area contributed by atoms with Crippen molar-refractivity contribution in [1.82, 2.24) is 15.5 Å². The average molecular weight is 418 g/mol. The van der Waals surface area contributed by atoms with Crippen molar-refractivity contribution in [3.63, 3.8) is 0 Å². The Morgan fingerprint density at radius 2 is 1.77 bits per heavy atom. The third kappa shape index (κ3) is 6.42. The summed E-state index contributed by atoms with van der Waals surface area (Å²) in [5.74, 6) is 3.40. The minimum atomic E-state index is 0.440. The van der Waals surface area contributed by atoms with Crippen molar-refractivity contribution in [3.05, 3.63) is 18.2 Å². The molecule has 7 heteroatoms. The zero-order valence-corrected chi connectivity index (χ0v) is 19.1. The van der Waals surface area contributed by atoms with Crippen LogP contribution < -0.4 is 25.0 Å². The smallest absolute Gasteiger partial charge is 0.191 e. The van der Waals surface area contributed by atoms with E-state index < -0.39 is 0 Å². The van der Waals surface area contributed by atoms with Crippen LogP contribution in [-0.4, -0.2) is 77.4 Å². The highest BCUT2D eigenvalue weighted by Crippen LogP contribution is 2.30. The van der Waals surface area contributed by atoms with E-state index in [2.05, 4.69) is 44.5 Å². The maximum absolute atomic E-state index is 5.42. The quantitative estimate of drug-likeness (QED) is 0.525. The third-order valence-electron chi connectivity index (χ3n) is 6.22. The molecule has 2 fully saturated rings. The number of nitrogens with zero attached hydrogens (tertiary/aromatic N) is 3. The van der Waals surface area contributed by atoms with Gasteiger partial charge in [0.2, 0.25) is 0 Å². The van der Waals surface area contributed by atoms with Gasteiger partial charge in [-0.3, -0.25) is 4.99 Å². The molecular weight excluding hydrogens is 378 g/mol. The van der Waals surface area contributed by atoms with Crippen LogP contribution in [0.5, 0.6) is 11.5 Å². The van der Waals surface area contributed by atoms with Gasteiger partial charge in [-0.2, -0.15) is 0 Å². The molecule has 2 N–H and O–H groups in total. The zero-order valence-electron chi connectivity index (χ0n) is 19.1. The lowest BCUT2D eigenvalue weighted by Crippen LogP contribution is -2.50. The van der Waals surface area contributed by atoms with Gasteiger partial charge in [-0.05, 0) is 38.1 Å². The number of hydrogen-bond donors (Lipinski definition) is 2. The van der Waals surface area contributed by atoms with Crippen molar-refractivity contribution in [3.8, 4) is 11.5 Å². The number of rotatable bonds is 7. The summed E-state index contributed by atoms with van der Waals surface area (Å²) in [6.07, 6.45) is 4.84. The fourth-order valence-corrected chi connectivity index (χ4v) is 4.47. The lowest BCUT2D eigenvalue weighted by Gasteiger charge is -2.35. The highest BCUT2D eigenvalue weighted by atomic mass is 16.5. The minimum absolute atomic E-state index is 0.440. The fourth-order valence-electron chi connectivity index (χ4n) is 4.47. The van der Waals surface area contributed by atoms with E-state index in [0.29, 0.717) is 6.04 Å². The lowest BCUT2D eigenvalue weighted by molar-refractivity contribution is 0.186. The Hall–Kier alpha value is -2.15. The Morgan fingerprint density at radius 3 is 2.37 bits per heavy atom. The second-order valence-corrected chi connectivity index (χ2v) is 8.52. The summed E-state index contributed by atoms with van der Waals surface area (Å²) in [6, 6.07) is 6.52. The molecule has 1 atom stereocenters. The Balaban J connectivity index is 1.43. The van der Waals surface area contributed by atoms with E-state index in [4.69, 9.17) is 9.47 Å². The van der Waals surface area contributed by atoms with Gasteiger partial charge in [0.05, 0.1) is 14.2 Å². The van der Waals surface area contributed by atoms with Gasteiger partial charge in [0.15, 0.2) is 5.96 Å². The first-order chi connectivity index (χ1) is 14.6. The van der Waals surface area contributed by atoms with Crippen molar-refractivity contribution >= 4 is 11.6 Å². The van der Waals surface area contributed by atoms with Gasteiger partial charge < -0.3 is 29.9 Å². The van der Waals surface area contributed by atoms with Gasteiger partial charge in [-0.15, -0.1) is 0 Å². The molecule has 2 aliphatic rings. The van der Waals surface area contributed by atoms with Crippen LogP contribution in [0.2, 0.25) is 0 Å². The van der Waals surface area contributed by atoms with Crippen molar-refractivity contribution in [2.45, 2.75) is 38.6 Å². The van der Waals surface area contributed by atoms with E-state index in [1.807, 2.05) is 13.1 Å². The molecule has 0 bridgehead atoms. The second-order valence-electron chi connectivity index (χ2n) is 8.52. The third-order valence-corrected chi connectivity index (χ3v) is 6.22. The van der Waals surface area contributed by atoms with Crippen LogP contribution in [0.3, 0.4) is 0 Å². The fraction of sp³-hybridized carbons (Fsp3) is 0.696. The van der Waals surface area contributed by atoms with Crippen LogP contribution in [-0.2, 0) is 0 Å². The summed E-state index contributed by atoms with van der Waals surface area (Å²) in [7, 11) is 5.24. The molecule has 1 aromatic rings. The van der Waals surface area contributed by atoms with Gasteiger partial charge in [-0.25, -0.2) is 0 Å². The van der Waals surface area contributed by atoms with E-state index in [0.717, 1.165) is 68.1 Å². The minimum Gasteiger partial charge on any atom is -0.497 e. The number of nitrogens with one attached hydrogen (secondary N) is 2. The largest absolute Gasteiger partial charge is 0.497 e. The summed E-state index contributed by atoms with van der Waals surface area (Å²) in [4.78, 5) is 9.40. The highest BCUT2D eigenvalue weighted by molar-refractivity contribution is 5.80. The molecule has 1 aromatic carbocycles. The molecule has 3 rings (SSSR count). The Morgan fingerprint density at radius 1 is 1.07 bits per heavy atom. The molecule has 0 spiro atoms. The molecule has 0 amide bonds. The molecule has 0 radical (unpaired) electrons. The predicted octanol–water partition coefficient (Wildman–Crippen LogP) is 2.57. The van der Waals surface area contributed by atoms with Crippen LogP contribution in [0.4, 0.5) is 5.69 Å². The molecule has 2 aliphatic heterocycles. The number of guanidine groups is 1. The Bertz CT molecular complexity index is 666. The first kappa shape index (κ1) is 22.5.